The summed E-state index contributed by atoms with van der Waals surface area (Å²) in [7, 11) is 0. The van der Waals surface area contributed by atoms with Crippen molar-refractivity contribution in [3.8, 4) is 33.4 Å². The SMILES string of the molecule is CC1(C)c2ccccc2-c2ccc(-c3ccc4c(c3)C3(C)C=C(c5ccc6c(c5)-c5c(ccc7c5oc5ccccc57)C6(C)C)C=CC3N4c3ccccc3)cc21. The fourth-order valence-electron chi connectivity index (χ4n) is 11.1. The molecule has 0 radical (unpaired) electrons. The molecule has 0 fully saturated rings. The highest BCUT2D eigenvalue weighted by Gasteiger charge is 2.48. The molecule has 8 aromatic rings. The zero-order valence-corrected chi connectivity index (χ0v) is 33.0. The second-order valence-electron chi connectivity index (χ2n) is 17.9. The van der Waals surface area contributed by atoms with Crippen molar-refractivity contribution in [1.82, 2.24) is 0 Å². The molecule has 0 amide bonds. The Hall–Kier alpha value is -6.38. The Morgan fingerprint density at radius 2 is 1.18 bits per heavy atom. The van der Waals surface area contributed by atoms with Crippen LogP contribution in [-0.4, -0.2) is 6.04 Å². The van der Waals surface area contributed by atoms with E-state index in [-0.39, 0.29) is 22.3 Å². The molecule has 57 heavy (non-hydrogen) atoms. The third kappa shape index (κ3) is 4.31. The number of para-hydroxylation sites is 2. The molecule has 0 N–H and O–H groups in total. The number of rotatable bonds is 3. The number of anilines is 2. The number of nitrogens with zero attached hydrogens (tertiary/aromatic N) is 1. The molecule has 3 aliphatic carbocycles. The van der Waals surface area contributed by atoms with Crippen molar-refractivity contribution in [1.29, 1.82) is 0 Å². The molecular weight excluding hydrogens is 691 g/mol. The summed E-state index contributed by atoms with van der Waals surface area (Å²) in [6.45, 7) is 11.9. The summed E-state index contributed by atoms with van der Waals surface area (Å²) in [5, 5.41) is 2.35. The van der Waals surface area contributed by atoms with Gasteiger partial charge in [0.15, 0.2) is 0 Å². The number of allylic oxidation sites excluding steroid dienone is 2. The normalized spacial score (nSPS) is 20.2. The van der Waals surface area contributed by atoms with Gasteiger partial charge in [-0.15, -0.1) is 0 Å². The molecule has 2 unspecified atom stereocenters. The van der Waals surface area contributed by atoms with Gasteiger partial charge in [-0.05, 0) is 116 Å². The fourth-order valence-corrected chi connectivity index (χ4v) is 11.1. The molecule has 2 heteroatoms. The van der Waals surface area contributed by atoms with Crippen molar-refractivity contribution in [3.05, 3.63) is 197 Å². The second-order valence-corrected chi connectivity index (χ2v) is 17.9. The van der Waals surface area contributed by atoms with Crippen LogP contribution in [0.1, 0.15) is 68.0 Å². The zero-order chi connectivity index (χ0) is 38.4. The number of furan rings is 1. The number of benzene rings is 7. The smallest absolute Gasteiger partial charge is 0.143 e. The topological polar surface area (TPSA) is 16.4 Å². The summed E-state index contributed by atoms with van der Waals surface area (Å²) < 4.78 is 6.66. The molecule has 1 aliphatic heterocycles. The Balaban J connectivity index is 1.00. The summed E-state index contributed by atoms with van der Waals surface area (Å²) in [5.74, 6) is 0. The molecule has 0 spiro atoms. The third-order valence-corrected chi connectivity index (χ3v) is 14.1. The lowest BCUT2D eigenvalue weighted by atomic mass is 9.72. The van der Waals surface area contributed by atoms with Gasteiger partial charge in [-0.25, -0.2) is 0 Å². The summed E-state index contributed by atoms with van der Waals surface area (Å²) in [5.41, 5.74) is 21.1. The van der Waals surface area contributed by atoms with E-state index in [2.05, 4.69) is 203 Å². The van der Waals surface area contributed by atoms with E-state index in [4.69, 9.17) is 4.42 Å². The second kappa shape index (κ2) is 11.1. The molecule has 0 saturated heterocycles. The van der Waals surface area contributed by atoms with Crippen LogP contribution in [0.4, 0.5) is 11.4 Å². The molecule has 4 aliphatic rings. The molecule has 0 bridgehead atoms. The first-order chi connectivity index (χ1) is 27.6. The van der Waals surface area contributed by atoms with Crippen LogP contribution in [0.25, 0.3) is 60.9 Å². The Morgan fingerprint density at radius 1 is 0.509 bits per heavy atom. The molecular formula is C55H43NO. The van der Waals surface area contributed by atoms with Crippen LogP contribution in [0.5, 0.6) is 0 Å². The lowest BCUT2D eigenvalue weighted by molar-refractivity contribution is 0.553. The van der Waals surface area contributed by atoms with Crippen molar-refractivity contribution in [3.63, 3.8) is 0 Å². The third-order valence-electron chi connectivity index (χ3n) is 14.1. The highest BCUT2D eigenvalue weighted by molar-refractivity contribution is 6.12. The summed E-state index contributed by atoms with van der Waals surface area (Å²) in [4.78, 5) is 2.55. The summed E-state index contributed by atoms with van der Waals surface area (Å²) in [6.07, 6.45) is 7.36. The summed E-state index contributed by atoms with van der Waals surface area (Å²) in [6, 6.07) is 54.4. The number of fused-ring (bicyclic) bond motifs is 13. The van der Waals surface area contributed by atoms with Crippen molar-refractivity contribution in [2.75, 3.05) is 4.90 Å². The average Bonchev–Trinajstić information content (AvgIpc) is 3.89. The maximum absolute atomic E-state index is 6.66. The van der Waals surface area contributed by atoms with Crippen LogP contribution in [0, 0.1) is 0 Å². The van der Waals surface area contributed by atoms with Crippen LogP contribution in [-0.2, 0) is 16.2 Å². The van der Waals surface area contributed by atoms with Gasteiger partial charge >= 0.3 is 0 Å². The molecule has 12 rings (SSSR count). The first-order valence-corrected chi connectivity index (χ1v) is 20.4. The molecule has 7 aromatic carbocycles. The minimum atomic E-state index is -0.278. The van der Waals surface area contributed by atoms with Gasteiger partial charge < -0.3 is 9.32 Å². The minimum Gasteiger partial charge on any atom is -0.455 e. The lowest BCUT2D eigenvalue weighted by Gasteiger charge is -2.36. The van der Waals surface area contributed by atoms with Gasteiger partial charge in [-0.2, -0.15) is 0 Å². The van der Waals surface area contributed by atoms with Gasteiger partial charge in [0.1, 0.15) is 11.2 Å². The molecule has 0 saturated carbocycles. The molecule has 2 nitrogen and oxygen atoms in total. The number of hydrogen-bond acceptors (Lipinski definition) is 2. The standard InChI is InChI=1S/C55H43NO/c1-53(2)44-25-20-33(29-42(44)51-45(53)26-24-41-40-16-10-12-18-49(40)57-52(41)51)36-22-28-50-55(5,32-36)47-31-35(21-27-48(47)56(50)37-13-7-6-8-14-37)34-19-23-39-38-15-9-11-17-43(38)54(3,4)46(39)30-34/h6-32,50H,1-5H3. The van der Waals surface area contributed by atoms with Crippen molar-refractivity contribution >= 4 is 38.9 Å². The Bertz CT molecular complexity index is 3100. The van der Waals surface area contributed by atoms with Gasteiger partial charge in [-0.1, -0.05) is 149 Å². The van der Waals surface area contributed by atoms with Gasteiger partial charge in [0.25, 0.3) is 0 Å². The maximum atomic E-state index is 6.66. The van der Waals surface area contributed by atoms with E-state index < -0.39 is 0 Å². The van der Waals surface area contributed by atoms with E-state index in [0.717, 1.165) is 11.2 Å². The molecule has 2 heterocycles. The van der Waals surface area contributed by atoms with Crippen LogP contribution in [0.15, 0.2) is 168 Å². The molecule has 1 aromatic heterocycles. The van der Waals surface area contributed by atoms with E-state index in [1.807, 2.05) is 0 Å². The average molecular weight is 734 g/mol. The predicted molar refractivity (Wildman–Crippen MR) is 238 cm³/mol. The van der Waals surface area contributed by atoms with Crippen molar-refractivity contribution in [2.24, 2.45) is 0 Å². The summed E-state index contributed by atoms with van der Waals surface area (Å²) >= 11 is 0. The van der Waals surface area contributed by atoms with E-state index in [9.17, 15) is 0 Å². The zero-order valence-electron chi connectivity index (χ0n) is 33.0. The largest absolute Gasteiger partial charge is 0.455 e. The highest BCUT2D eigenvalue weighted by atomic mass is 16.3. The van der Waals surface area contributed by atoms with E-state index in [1.165, 1.54) is 94.5 Å². The quantitative estimate of drug-likeness (QED) is 0.180. The van der Waals surface area contributed by atoms with Gasteiger partial charge in [-0.3, -0.25) is 0 Å². The minimum absolute atomic E-state index is 0.0482. The van der Waals surface area contributed by atoms with Crippen LogP contribution in [0.2, 0.25) is 0 Å². The first kappa shape index (κ1) is 32.8. The Labute approximate surface area is 334 Å². The maximum Gasteiger partial charge on any atom is 0.143 e. The van der Waals surface area contributed by atoms with Gasteiger partial charge in [0.05, 0.1) is 6.04 Å². The van der Waals surface area contributed by atoms with Crippen LogP contribution >= 0.6 is 0 Å². The van der Waals surface area contributed by atoms with Crippen LogP contribution in [0.3, 0.4) is 0 Å². The lowest BCUT2D eigenvalue weighted by Crippen LogP contribution is -2.39. The van der Waals surface area contributed by atoms with E-state index in [0.29, 0.717) is 0 Å². The van der Waals surface area contributed by atoms with Crippen molar-refractivity contribution < 1.29 is 4.42 Å². The molecule has 2 atom stereocenters. The predicted octanol–water partition coefficient (Wildman–Crippen LogP) is 14.3. The van der Waals surface area contributed by atoms with E-state index in [1.54, 1.807) is 0 Å². The van der Waals surface area contributed by atoms with Crippen LogP contribution < -0.4 is 4.90 Å². The Kier molecular flexibility index (Phi) is 6.41. The molecule has 274 valence electrons. The highest BCUT2D eigenvalue weighted by Crippen LogP contribution is 2.56. The van der Waals surface area contributed by atoms with Gasteiger partial charge in [0.2, 0.25) is 0 Å². The fraction of sp³-hybridized carbons (Fsp3) is 0.164. The van der Waals surface area contributed by atoms with Gasteiger partial charge in [0, 0.05) is 44.0 Å². The Morgan fingerprint density at radius 3 is 2.04 bits per heavy atom. The van der Waals surface area contributed by atoms with Crippen molar-refractivity contribution in [2.45, 2.75) is 56.9 Å². The first-order valence-electron chi connectivity index (χ1n) is 20.4. The number of hydrogen-bond donors (Lipinski definition) is 0. The monoisotopic (exact) mass is 733 g/mol. The van der Waals surface area contributed by atoms with E-state index >= 15 is 0 Å².